The summed E-state index contributed by atoms with van der Waals surface area (Å²) in [4.78, 5) is 12.0. The van der Waals surface area contributed by atoms with Crippen molar-refractivity contribution in [1.29, 1.82) is 0 Å². The predicted octanol–water partition coefficient (Wildman–Crippen LogP) is 4.05. The highest BCUT2D eigenvalue weighted by molar-refractivity contribution is 5.76. The predicted molar refractivity (Wildman–Crippen MR) is 86.6 cm³/mol. The smallest absolute Gasteiger partial charge is 0.220 e. The Morgan fingerprint density at radius 3 is 2.50 bits per heavy atom. The summed E-state index contributed by atoms with van der Waals surface area (Å²) < 4.78 is 5.26. The molecule has 1 aromatic carbocycles. The molecule has 3 rings (SSSR count). The molecule has 3 nitrogen and oxygen atoms in total. The lowest BCUT2D eigenvalue weighted by molar-refractivity contribution is -0.122. The topological polar surface area (TPSA) is 42.2 Å². The zero-order chi connectivity index (χ0) is 15.2. The first-order chi connectivity index (χ1) is 10.8. The zero-order valence-electron chi connectivity index (χ0n) is 12.8. The largest absolute Gasteiger partial charge is 0.469 e. The second-order valence-electron chi connectivity index (χ2n) is 6.11. The Kier molecular flexibility index (Phi) is 4.94. The van der Waals surface area contributed by atoms with Gasteiger partial charge >= 0.3 is 0 Å². The van der Waals surface area contributed by atoms with Crippen molar-refractivity contribution in [3.05, 3.63) is 60.1 Å². The van der Waals surface area contributed by atoms with Crippen LogP contribution in [0.15, 0.2) is 53.1 Å². The third-order valence-electron chi connectivity index (χ3n) is 4.54. The molecule has 22 heavy (non-hydrogen) atoms. The third kappa shape index (κ3) is 4.00. The molecular weight excluding hydrogens is 274 g/mol. The lowest BCUT2D eigenvalue weighted by atomic mass is 9.82. The van der Waals surface area contributed by atoms with Crippen molar-refractivity contribution in [2.75, 3.05) is 0 Å². The van der Waals surface area contributed by atoms with Gasteiger partial charge in [0.2, 0.25) is 5.91 Å². The van der Waals surface area contributed by atoms with Crippen molar-refractivity contribution in [3.63, 3.8) is 0 Å². The molecule has 1 N–H and O–H groups in total. The van der Waals surface area contributed by atoms with Crippen LogP contribution < -0.4 is 5.32 Å². The van der Waals surface area contributed by atoms with Crippen LogP contribution in [0, 0.1) is 0 Å². The van der Waals surface area contributed by atoms with Gasteiger partial charge in [0.15, 0.2) is 0 Å². The van der Waals surface area contributed by atoms with Gasteiger partial charge in [0.1, 0.15) is 5.76 Å². The van der Waals surface area contributed by atoms with E-state index >= 15 is 0 Å². The first kappa shape index (κ1) is 14.9. The molecular formula is C19H23NO2. The molecule has 1 saturated carbocycles. The van der Waals surface area contributed by atoms with Crippen molar-refractivity contribution in [1.82, 2.24) is 5.32 Å². The van der Waals surface area contributed by atoms with Gasteiger partial charge in [-0.2, -0.15) is 0 Å². The number of rotatable bonds is 5. The summed E-state index contributed by atoms with van der Waals surface area (Å²) in [5.41, 5.74) is 1.44. The van der Waals surface area contributed by atoms with Gasteiger partial charge in [-0.25, -0.2) is 0 Å². The number of hydrogen-bond acceptors (Lipinski definition) is 2. The standard InChI is InChI=1S/C19H23NO2/c21-19(13-12-18-7-4-14-22-18)20-17-10-8-16(9-11-17)15-5-2-1-3-6-15/h1-7,14,16-17H,8-13H2,(H,20,21). The molecule has 0 unspecified atom stereocenters. The fraction of sp³-hybridized carbons (Fsp3) is 0.421. The van der Waals surface area contributed by atoms with E-state index < -0.39 is 0 Å². The lowest BCUT2D eigenvalue weighted by Gasteiger charge is -2.29. The first-order valence-electron chi connectivity index (χ1n) is 8.18. The molecule has 0 bridgehead atoms. The molecule has 2 aromatic rings. The zero-order valence-corrected chi connectivity index (χ0v) is 12.8. The molecule has 1 fully saturated rings. The highest BCUT2D eigenvalue weighted by Gasteiger charge is 2.23. The molecule has 1 aromatic heterocycles. The minimum absolute atomic E-state index is 0.138. The second kappa shape index (κ2) is 7.30. The molecule has 0 atom stereocenters. The van der Waals surface area contributed by atoms with Gasteiger partial charge < -0.3 is 9.73 Å². The molecule has 1 amide bonds. The minimum atomic E-state index is 0.138. The van der Waals surface area contributed by atoms with Crippen LogP contribution in [0.4, 0.5) is 0 Å². The number of nitrogens with one attached hydrogen (secondary N) is 1. The molecule has 0 spiro atoms. The maximum Gasteiger partial charge on any atom is 0.220 e. The molecule has 1 heterocycles. The van der Waals surface area contributed by atoms with Crippen molar-refractivity contribution < 1.29 is 9.21 Å². The highest BCUT2D eigenvalue weighted by atomic mass is 16.3. The number of amides is 1. The molecule has 1 aliphatic rings. The number of furan rings is 1. The first-order valence-corrected chi connectivity index (χ1v) is 8.18. The average Bonchev–Trinajstić information content (AvgIpc) is 3.08. The Bertz CT molecular complexity index is 569. The van der Waals surface area contributed by atoms with E-state index in [0.717, 1.165) is 31.4 Å². The highest BCUT2D eigenvalue weighted by Crippen LogP contribution is 2.32. The van der Waals surface area contributed by atoms with E-state index in [9.17, 15) is 4.79 Å². The lowest BCUT2D eigenvalue weighted by Crippen LogP contribution is -2.37. The SMILES string of the molecule is O=C(CCc1ccco1)NC1CCC(c2ccccc2)CC1. The summed E-state index contributed by atoms with van der Waals surface area (Å²) in [6, 6.07) is 14.8. The maximum atomic E-state index is 12.0. The van der Waals surface area contributed by atoms with Gasteiger partial charge in [-0.15, -0.1) is 0 Å². The van der Waals surface area contributed by atoms with Crippen molar-refractivity contribution >= 4 is 5.91 Å². The van der Waals surface area contributed by atoms with Gasteiger partial charge in [0, 0.05) is 18.9 Å². The van der Waals surface area contributed by atoms with Crippen LogP contribution in [0.25, 0.3) is 0 Å². The Balaban J connectivity index is 1.41. The summed E-state index contributed by atoms with van der Waals surface area (Å²) in [5.74, 6) is 1.67. The van der Waals surface area contributed by atoms with E-state index in [1.807, 2.05) is 12.1 Å². The van der Waals surface area contributed by atoms with Crippen LogP contribution in [0.1, 0.15) is 49.3 Å². The molecule has 0 radical (unpaired) electrons. The summed E-state index contributed by atoms with van der Waals surface area (Å²) in [5, 5.41) is 3.17. The molecule has 116 valence electrons. The van der Waals surface area contributed by atoms with Crippen LogP contribution in [0.2, 0.25) is 0 Å². The Morgan fingerprint density at radius 1 is 1.05 bits per heavy atom. The molecule has 0 aliphatic heterocycles. The molecule has 1 aliphatic carbocycles. The van der Waals surface area contributed by atoms with E-state index in [4.69, 9.17) is 4.42 Å². The van der Waals surface area contributed by atoms with Crippen LogP contribution in [0.5, 0.6) is 0 Å². The fourth-order valence-corrected chi connectivity index (χ4v) is 3.29. The van der Waals surface area contributed by atoms with E-state index in [1.54, 1.807) is 6.26 Å². The Morgan fingerprint density at radius 2 is 1.82 bits per heavy atom. The van der Waals surface area contributed by atoms with Gasteiger partial charge in [-0.1, -0.05) is 30.3 Å². The number of hydrogen-bond donors (Lipinski definition) is 1. The van der Waals surface area contributed by atoms with E-state index in [2.05, 4.69) is 35.6 Å². The monoisotopic (exact) mass is 297 g/mol. The van der Waals surface area contributed by atoms with Crippen LogP contribution in [-0.4, -0.2) is 11.9 Å². The second-order valence-corrected chi connectivity index (χ2v) is 6.11. The van der Waals surface area contributed by atoms with Gasteiger partial charge in [-0.05, 0) is 49.3 Å². The summed E-state index contributed by atoms with van der Waals surface area (Å²) in [6.45, 7) is 0. The Labute approximate surface area is 131 Å². The number of carbonyl (C=O) groups excluding carboxylic acids is 1. The van der Waals surface area contributed by atoms with Gasteiger partial charge in [-0.3, -0.25) is 4.79 Å². The quantitative estimate of drug-likeness (QED) is 0.904. The molecule has 0 saturated heterocycles. The van der Waals surface area contributed by atoms with Crippen molar-refractivity contribution in [2.45, 2.75) is 50.5 Å². The van der Waals surface area contributed by atoms with Gasteiger partial charge in [0.25, 0.3) is 0 Å². The average molecular weight is 297 g/mol. The number of benzene rings is 1. The summed E-state index contributed by atoms with van der Waals surface area (Å²) >= 11 is 0. The van der Waals surface area contributed by atoms with Crippen LogP contribution in [0.3, 0.4) is 0 Å². The van der Waals surface area contributed by atoms with Crippen LogP contribution >= 0.6 is 0 Å². The summed E-state index contributed by atoms with van der Waals surface area (Å²) in [6.07, 6.45) is 7.31. The van der Waals surface area contributed by atoms with Gasteiger partial charge in [0.05, 0.1) is 6.26 Å². The Hall–Kier alpha value is -2.03. The normalized spacial score (nSPS) is 21.5. The number of carbonyl (C=O) groups is 1. The number of aryl methyl sites for hydroxylation is 1. The third-order valence-corrected chi connectivity index (χ3v) is 4.54. The van der Waals surface area contributed by atoms with E-state index in [0.29, 0.717) is 24.8 Å². The van der Waals surface area contributed by atoms with E-state index in [-0.39, 0.29) is 5.91 Å². The minimum Gasteiger partial charge on any atom is -0.469 e. The summed E-state index contributed by atoms with van der Waals surface area (Å²) in [7, 11) is 0. The molecule has 3 heteroatoms. The maximum absolute atomic E-state index is 12.0. The van der Waals surface area contributed by atoms with Crippen molar-refractivity contribution in [2.24, 2.45) is 0 Å². The van der Waals surface area contributed by atoms with E-state index in [1.165, 1.54) is 5.56 Å². The fourth-order valence-electron chi connectivity index (χ4n) is 3.29. The van der Waals surface area contributed by atoms with Crippen molar-refractivity contribution in [3.8, 4) is 0 Å². The van der Waals surface area contributed by atoms with Crippen LogP contribution in [-0.2, 0) is 11.2 Å².